The molecule has 0 N–H and O–H groups in total. The monoisotopic (exact) mass is 495 g/mol. The van der Waals surface area contributed by atoms with Crippen LogP contribution in [0.15, 0.2) is 54.7 Å². The SMILES string of the molecule is Cc1c(C(=O)N(CCCN2CCOCC2)c2nc3ccc(Cl)cc3s2)cnn1-c1ccccc1. The third kappa shape index (κ3) is 4.86. The van der Waals surface area contributed by atoms with Crippen molar-refractivity contribution < 1.29 is 9.53 Å². The normalized spacial score (nSPS) is 14.5. The highest BCUT2D eigenvalue weighted by Crippen LogP contribution is 2.32. The van der Waals surface area contributed by atoms with E-state index in [1.807, 2.05) is 55.5 Å². The Kier molecular flexibility index (Phi) is 6.92. The number of hydrogen-bond acceptors (Lipinski definition) is 6. The number of ether oxygens (including phenoxy) is 1. The van der Waals surface area contributed by atoms with Gasteiger partial charge >= 0.3 is 0 Å². The lowest BCUT2D eigenvalue weighted by atomic mass is 10.2. The molecule has 2 aromatic heterocycles. The van der Waals surface area contributed by atoms with E-state index in [0.29, 0.717) is 22.3 Å². The average Bonchev–Trinajstić information content (AvgIpc) is 3.45. The molecule has 0 unspecified atom stereocenters. The molecule has 9 heteroatoms. The first-order chi connectivity index (χ1) is 16.6. The summed E-state index contributed by atoms with van der Waals surface area (Å²) in [5, 5.41) is 5.84. The molecular formula is C25H26ClN5O2S. The quantitative estimate of drug-likeness (QED) is 0.368. The van der Waals surface area contributed by atoms with E-state index in [9.17, 15) is 4.79 Å². The summed E-state index contributed by atoms with van der Waals surface area (Å²) in [6.45, 7) is 6.79. The van der Waals surface area contributed by atoms with Gasteiger partial charge in [-0.3, -0.25) is 14.6 Å². The predicted molar refractivity (Wildman–Crippen MR) is 136 cm³/mol. The van der Waals surface area contributed by atoms with Crippen LogP contribution in [0.25, 0.3) is 15.9 Å². The summed E-state index contributed by atoms with van der Waals surface area (Å²) in [5.41, 5.74) is 3.14. The average molecular weight is 496 g/mol. The Balaban J connectivity index is 1.43. The van der Waals surface area contributed by atoms with Gasteiger partial charge in [-0.05, 0) is 43.7 Å². The number of morpholine rings is 1. The van der Waals surface area contributed by atoms with Gasteiger partial charge in [0.2, 0.25) is 0 Å². The summed E-state index contributed by atoms with van der Waals surface area (Å²) in [7, 11) is 0. The number of carbonyl (C=O) groups is 1. The smallest absolute Gasteiger partial charge is 0.263 e. The van der Waals surface area contributed by atoms with Gasteiger partial charge in [-0.15, -0.1) is 0 Å². The maximum absolute atomic E-state index is 13.8. The lowest BCUT2D eigenvalue weighted by Crippen LogP contribution is -2.39. The fourth-order valence-corrected chi connectivity index (χ4v) is 5.42. The van der Waals surface area contributed by atoms with Gasteiger partial charge in [0.05, 0.1) is 46.6 Å². The molecule has 34 heavy (non-hydrogen) atoms. The maximum Gasteiger partial charge on any atom is 0.263 e. The second-order valence-corrected chi connectivity index (χ2v) is 9.71. The van der Waals surface area contributed by atoms with Crippen LogP contribution in [0.1, 0.15) is 22.5 Å². The summed E-state index contributed by atoms with van der Waals surface area (Å²) >= 11 is 7.68. The molecule has 0 saturated carbocycles. The molecule has 1 saturated heterocycles. The van der Waals surface area contributed by atoms with Crippen molar-refractivity contribution in [1.82, 2.24) is 19.7 Å². The Morgan fingerprint density at radius 2 is 1.97 bits per heavy atom. The number of carbonyl (C=O) groups excluding carboxylic acids is 1. The Labute approximate surface area is 207 Å². The van der Waals surface area contributed by atoms with Gasteiger partial charge in [-0.1, -0.05) is 41.1 Å². The van der Waals surface area contributed by atoms with Crippen molar-refractivity contribution in [2.24, 2.45) is 0 Å². The van der Waals surface area contributed by atoms with E-state index in [2.05, 4.69) is 10.00 Å². The van der Waals surface area contributed by atoms with E-state index in [4.69, 9.17) is 21.3 Å². The largest absolute Gasteiger partial charge is 0.379 e. The van der Waals surface area contributed by atoms with E-state index in [-0.39, 0.29) is 5.91 Å². The van der Waals surface area contributed by atoms with Crippen LogP contribution in [0, 0.1) is 6.92 Å². The molecule has 5 rings (SSSR count). The summed E-state index contributed by atoms with van der Waals surface area (Å²) < 4.78 is 8.22. The van der Waals surface area contributed by atoms with Gasteiger partial charge in [0.15, 0.2) is 5.13 Å². The predicted octanol–water partition coefficient (Wildman–Crippen LogP) is 4.81. The molecule has 4 aromatic rings. The van der Waals surface area contributed by atoms with Crippen LogP contribution in [0.2, 0.25) is 5.02 Å². The minimum absolute atomic E-state index is 0.0909. The lowest BCUT2D eigenvalue weighted by molar-refractivity contribution is 0.0376. The van der Waals surface area contributed by atoms with Crippen LogP contribution in [0.3, 0.4) is 0 Å². The number of nitrogens with zero attached hydrogens (tertiary/aromatic N) is 5. The number of amides is 1. The summed E-state index contributed by atoms with van der Waals surface area (Å²) in [6.07, 6.45) is 2.50. The topological polar surface area (TPSA) is 63.5 Å². The number of para-hydroxylation sites is 1. The van der Waals surface area contributed by atoms with Crippen LogP contribution >= 0.6 is 22.9 Å². The van der Waals surface area contributed by atoms with Gasteiger partial charge in [-0.2, -0.15) is 5.10 Å². The molecular weight excluding hydrogens is 470 g/mol. The maximum atomic E-state index is 13.8. The number of rotatable bonds is 7. The highest BCUT2D eigenvalue weighted by Gasteiger charge is 2.25. The first-order valence-corrected chi connectivity index (χ1v) is 12.6. The first kappa shape index (κ1) is 23.0. The number of thiazole rings is 1. The molecule has 0 radical (unpaired) electrons. The van der Waals surface area contributed by atoms with E-state index < -0.39 is 0 Å². The molecule has 0 atom stereocenters. The Bertz CT molecular complexity index is 1280. The second-order valence-electron chi connectivity index (χ2n) is 8.26. The zero-order chi connectivity index (χ0) is 23.5. The molecule has 0 bridgehead atoms. The number of aromatic nitrogens is 3. The molecule has 1 amide bonds. The highest BCUT2D eigenvalue weighted by atomic mass is 35.5. The van der Waals surface area contributed by atoms with Crippen LogP contribution in [-0.2, 0) is 4.74 Å². The molecule has 2 aromatic carbocycles. The van der Waals surface area contributed by atoms with Crippen molar-refractivity contribution in [1.29, 1.82) is 0 Å². The number of hydrogen-bond donors (Lipinski definition) is 0. The summed E-state index contributed by atoms with van der Waals surface area (Å²) in [5.74, 6) is -0.0909. The van der Waals surface area contributed by atoms with Crippen LogP contribution in [0.5, 0.6) is 0 Å². The second kappa shape index (κ2) is 10.2. The molecule has 0 aliphatic carbocycles. The van der Waals surface area contributed by atoms with Crippen molar-refractivity contribution in [2.45, 2.75) is 13.3 Å². The Morgan fingerprint density at radius 3 is 2.76 bits per heavy atom. The molecule has 176 valence electrons. The molecule has 7 nitrogen and oxygen atoms in total. The molecule has 1 fully saturated rings. The first-order valence-electron chi connectivity index (χ1n) is 11.4. The van der Waals surface area contributed by atoms with E-state index >= 15 is 0 Å². The molecule has 1 aliphatic heterocycles. The van der Waals surface area contributed by atoms with Crippen LogP contribution in [0.4, 0.5) is 5.13 Å². The van der Waals surface area contributed by atoms with E-state index in [0.717, 1.165) is 60.9 Å². The van der Waals surface area contributed by atoms with Gasteiger partial charge < -0.3 is 4.74 Å². The van der Waals surface area contributed by atoms with E-state index in [1.165, 1.54) is 11.3 Å². The van der Waals surface area contributed by atoms with Gasteiger partial charge in [0.1, 0.15) is 0 Å². The van der Waals surface area contributed by atoms with Gasteiger partial charge in [0.25, 0.3) is 5.91 Å². The summed E-state index contributed by atoms with van der Waals surface area (Å²) in [4.78, 5) is 22.7. The van der Waals surface area contributed by atoms with Crippen molar-refractivity contribution in [3.8, 4) is 5.69 Å². The third-order valence-electron chi connectivity index (χ3n) is 6.02. The molecule has 3 heterocycles. The van der Waals surface area contributed by atoms with Crippen molar-refractivity contribution >= 4 is 44.2 Å². The van der Waals surface area contributed by atoms with Crippen molar-refractivity contribution in [2.75, 3.05) is 44.3 Å². The lowest BCUT2D eigenvalue weighted by Gasteiger charge is -2.27. The number of fused-ring (bicyclic) bond motifs is 1. The standard InChI is InChI=1S/C25H26ClN5O2S/c1-18-21(17-27-31(18)20-6-3-2-4-7-20)24(32)30(11-5-10-29-12-14-33-15-13-29)25-28-22-9-8-19(26)16-23(22)34-25/h2-4,6-9,16-17H,5,10-15H2,1H3. The van der Waals surface area contributed by atoms with Crippen molar-refractivity contribution in [3.63, 3.8) is 0 Å². The minimum atomic E-state index is -0.0909. The van der Waals surface area contributed by atoms with Crippen LogP contribution < -0.4 is 4.90 Å². The fraction of sp³-hybridized carbons (Fsp3) is 0.320. The zero-order valence-corrected chi connectivity index (χ0v) is 20.6. The number of benzene rings is 2. The Morgan fingerprint density at radius 1 is 1.18 bits per heavy atom. The number of halogens is 1. The third-order valence-corrected chi connectivity index (χ3v) is 7.29. The molecule has 0 spiro atoms. The van der Waals surface area contributed by atoms with Gasteiger partial charge in [-0.25, -0.2) is 9.67 Å². The molecule has 1 aliphatic rings. The van der Waals surface area contributed by atoms with Crippen molar-refractivity contribution in [3.05, 3.63) is 71.0 Å². The summed E-state index contributed by atoms with van der Waals surface area (Å²) in [6, 6.07) is 15.5. The highest BCUT2D eigenvalue weighted by molar-refractivity contribution is 7.22. The Hall–Kier alpha value is -2.78. The van der Waals surface area contributed by atoms with E-state index in [1.54, 1.807) is 15.8 Å². The minimum Gasteiger partial charge on any atom is -0.379 e. The number of anilines is 1. The fourth-order valence-electron chi connectivity index (χ4n) is 4.16. The van der Waals surface area contributed by atoms with Crippen LogP contribution in [-0.4, -0.2) is 65.0 Å². The van der Waals surface area contributed by atoms with Gasteiger partial charge in [0, 0.05) is 31.2 Å². The zero-order valence-electron chi connectivity index (χ0n) is 19.0.